The van der Waals surface area contributed by atoms with E-state index in [1.165, 1.54) is 0 Å². The summed E-state index contributed by atoms with van der Waals surface area (Å²) in [7, 11) is 0. The lowest BCUT2D eigenvalue weighted by Crippen LogP contribution is -2.32. The van der Waals surface area contributed by atoms with Gasteiger partial charge in [-0.2, -0.15) is 0 Å². The molecule has 1 amide bonds. The molecule has 0 aliphatic heterocycles. The molecule has 0 saturated heterocycles. The van der Waals surface area contributed by atoms with Crippen LogP contribution in [0.4, 0.5) is 0 Å². The van der Waals surface area contributed by atoms with Gasteiger partial charge in [-0.05, 0) is 6.92 Å². The highest BCUT2D eigenvalue weighted by atomic mass is 35.5. The minimum atomic E-state index is -0.479. The van der Waals surface area contributed by atoms with Crippen LogP contribution in [0.5, 0.6) is 0 Å². The van der Waals surface area contributed by atoms with Crippen LogP contribution in [0, 0.1) is 0 Å². The van der Waals surface area contributed by atoms with Crippen LogP contribution in [-0.2, 0) is 11.3 Å². The second kappa shape index (κ2) is 5.89. The van der Waals surface area contributed by atoms with Crippen LogP contribution in [0.3, 0.4) is 0 Å². The van der Waals surface area contributed by atoms with Crippen molar-refractivity contribution in [2.75, 3.05) is 6.54 Å². The predicted molar refractivity (Wildman–Crippen MR) is 64.6 cm³/mol. The second-order valence-electron chi connectivity index (χ2n) is 4.04. The topological polar surface area (TPSA) is 46.9 Å². The summed E-state index contributed by atoms with van der Waals surface area (Å²) in [5, 5.41) is 2.29. The van der Waals surface area contributed by atoms with Gasteiger partial charge in [0.2, 0.25) is 5.91 Å². The van der Waals surface area contributed by atoms with Gasteiger partial charge in [0.1, 0.15) is 11.2 Å². The van der Waals surface area contributed by atoms with Gasteiger partial charge in [-0.15, -0.1) is 11.6 Å². The summed E-state index contributed by atoms with van der Waals surface area (Å²) in [6.07, 6.45) is 3.70. The monoisotopic (exact) mass is 243 g/mol. The zero-order valence-electron chi connectivity index (χ0n) is 9.90. The van der Waals surface area contributed by atoms with E-state index in [0.717, 1.165) is 12.4 Å². The number of carbonyl (C=O) groups is 1. The third-order valence-corrected chi connectivity index (χ3v) is 2.48. The van der Waals surface area contributed by atoms with E-state index in [-0.39, 0.29) is 5.91 Å². The Balaban J connectivity index is 2.43. The molecule has 1 aromatic heterocycles. The van der Waals surface area contributed by atoms with Crippen LogP contribution >= 0.6 is 11.6 Å². The number of halogens is 1. The molecule has 1 unspecified atom stereocenters. The molecule has 1 aromatic rings. The number of nitrogens with one attached hydrogen (secondary N) is 1. The summed E-state index contributed by atoms with van der Waals surface area (Å²) in [5.74, 6) is 1.29. The van der Waals surface area contributed by atoms with E-state index in [1.807, 2.05) is 10.8 Å². The van der Waals surface area contributed by atoms with E-state index in [0.29, 0.717) is 12.5 Å². The molecule has 0 saturated carbocycles. The first-order valence-electron chi connectivity index (χ1n) is 5.45. The molecular formula is C11H18ClN3O. The van der Waals surface area contributed by atoms with E-state index >= 15 is 0 Å². The van der Waals surface area contributed by atoms with Crippen LogP contribution in [-0.4, -0.2) is 27.4 Å². The summed E-state index contributed by atoms with van der Waals surface area (Å²) in [5.41, 5.74) is 0. The van der Waals surface area contributed by atoms with Crippen molar-refractivity contribution in [2.45, 2.75) is 38.6 Å². The second-order valence-corrected chi connectivity index (χ2v) is 4.70. The van der Waals surface area contributed by atoms with Crippen molar-refractivity contribution >= 4 is 17.5 Å². The number of imidazole rings is 1. The lowest BCUT2D eigenvalue weighted by Gasteiger charge is -2.11. The highest BCUT2D eigenvalue weighted by molar-refractivity contribution is 6.30. The summed E-state index contributed by atoms with van der Waals surface area (Å²) in [6, 6.07) is 0. The largest absolute Gasteiger partial charge is 0.353 e. The van der Waals surface area contributed by atoms with Gasteiger partial charge in [0, 0.05) is 31.4 Å². The Kier molecular flexibility index (Phi) is 4.80. The molecule has 5 heteroatoms. The van der Waals surface area contributed by atoms with E-state index in [1.54, 1.807) is 13.1 Å². The summed E-state index contributed by atoms with van der Waals surface area (Å²) >= 11 is 5.64. The normalized spacial score (nSPS) is 12.8. The Morgan fingerprint density at radius 3 is 2.81 bits per heavy atom. The standard InChI is InChI=1S/C11H18ClN3O/c1-8(2)10-13-4-6-15(10)7-5-14-11(16)9(3)12/h4,6,8-9H,5,7H2,1-3H3,(H,14,16). The first-order chi connectivity index (χ1) is 7.52. The number of amides is 1. The Morgan fingerprint density at radius 1 is 1.56 bits per heavy atom. The molecule has 0 aliphatic rings. The molecule has 0 aromatic carbocycles. The maximum Gasteiger partial charge on any atom is 0.237 e. The Morgan fingerprint density at radius 2 is 2.25 bits per heavy atom. The van der Waals surface area contributed by atoms with Crippen molar-refractivity contribution in [1.29, 1.82) is 0 Å². The van der Waals surface area contributed by atoms with Gasteiger partial charge in [0.25, 0.3) is 0 Å². The van der Waals surface area contributed by atoms with Gasteiger partial charge in [-0.25, -0.2) is 4.98 Å². The molecular weight excluding hydrogens is 226 g/mol. The summed E-state index contributed by atoms with van der Waals surface area (Å²) < 4.78 is 2.05. The van der Waals surface area contributed by atoms with Crippen molar-refractivity contribution in [3.05, 3.63) is 18.2 Å². The van der Waals surface area contributed by atoms with E-state index in [9.17, 15) is 4.79 Å². The van der Waals surface area contributed by atoms with Gasteiger partial charge < -0.3 is 9.88 Å². The smallest absolute Gasteiger partial charge is 0.237 e. The minimum absolute atomic E-state index is 0.132. The zero-order valence-corrected chi connectivity index (χ0v) is 10.7. The molecule has 0 aliphatic carbocycles. The average molecular weight is 244 g/mol. The fourth-order valence-electron chi connectivity index (χ4n) is 1.45. The van der Waals surface area contributed by atoms with Gasteiger partial charge >= 0.3 is 0 Å². The zero-order chi connectivity index (χ0) is 12.1. The summed E-state index contributed by atoms with van der Waals surface area (Å²) in [6.45, 7) is 7.15. The number of alkyl halides is 1. The van der Waals surface area contributed by atoms with Crippen molar-refractivity contribution in [1.82, 2.24) is 14.9 Å². The lowest BCUT2D eigenvalue weighted by atomic mass is 10.2. The van der Waals surface area contributed by atoms with Gasteiger partial charge in [-0.1, -0.05) is 13.8 Å². The molecule has 0 radical (unpaired) electrons. The maximum absolute atomic E-state index is 11.2. The van der Waals surface area contributed by atoms with Crippen molar-refractivity contribution in [2.24, 2.45) is 0 Å². The highest BCUT2D eigenvalue weighted by Gasteiger charge is 2.09. The number of hydrogen-bond donors (Lipinski definition) is 1. The molecule has 1 N–H and O–H groups in total. The predicted octanol–water partition coefficient (Wildman–Crippen LogP) is 1.75. The minimum Gasteiger partial charge on any atom is -0.353 e. The molecule has 16 heavy (non-hydrogen) atoms. The average Bonchev–Trinajstić information content (AvgIpc) is 2.65. The van der Waals surface area contributed by atoms with Crippen LogP contribution in [0.25, 0.3) is 0 Å². The number of hydrogen-bond acceptors (Lipinski definition) is 2. The number of aromatic nitrogens is 2. The van der Waals surface area contributed by atoms with Crippen molar-refractivity contribution < 1.29 is 4.79 Å². The van der Waals surface area contributed by atoms with Gasteiger partial charge in [0.15, 0.2) is 0 Å². The molecule has 1 atom stereocenters. The Bertz CT molecular complexity index is 347. The SMILES string of the molecule is CC(Cl)C(=O)NCCn1ccnc1C(C)C. The van der Waals surface area contributed by atoms with Crippen LogP contribution in [0.15, 0.2) is 12.4 Å². The van der Waals surface area contributed by atoms with Crippen LogP contribution in [0.2, 0.25) is 0 Å². The molecule has 0 spiro atoms. The third kappa shape index (κ3) is 3.52. The fourth-order valence-corrected chi connectivity index (χ4v) is 1.53. The molecule has 0 fully saturated rings. The molecule has 0 bridgehead atoms. The quantitative estimate of drug-likeness (QED) is 0.801. The Labute approximate surface area is 101 Å². The summed E-state index contributed by atoms with van der Waals surface area (Å²) in [4.78, 5) is 15.5. The first-order valence-corrected chi connectivity index (χ1v) is 5.88. The van der Waals surface area contributed by atoms with Crippen molar-refractivity contribution in [3.8, 4) is 0 Å². The number of rotatable bonds is 5. The number of nitrogens with zero attached hydrogens (tertiary/aromatic N) is 2. The first kappa shape index (κ1) is 13.0. The van der Waals surface area contributed by atoms with Gasteiger partial charge in [-0.3, -0.25) is 4.79 Å². The molecule has 4 nitrogen and oxygen atoms in total. The Hall–Kier alpha value is -1.03. The van der Waals surface area contributed by atoms with Crippen LogP contribution in [0.1, 0.15) is 32.5 Å². The number of carbonyl (C=O) groups excluding carboxylic acids is 1. The van der Waals surface area contributed by atoms with E-state index in [2.05, 4.69) is 24.1 Å². The van der Waals surface area contributed by atoms with Crippen molar-refractivity contribution in [3.63, 3.8) is 0 Å². The van der Waals surface area contributed by atoms with E-state index < -0.39 is 5.38 Å². The maximum atomic E-state index is 11.2. The van der Waals surface area contributed by atoms with Crippen LogP contribution < -0.4 is 5.32 Å². The molecule has 1 heterocycles. The third-order valence-electron chi connectivity index (χ3n) is 2.28. The highest BCUT2D eigenvalue weighted by Crippen LogP contribution is 2.10. The fraction of sp³-hybridized carbons (Fsp3) is 0.636. The van der Waals surface area contributed by atoms with E-state index in [4.69, 9.17) is 11.6 Å². The van der Waals surface area contributed by atoms with Gasteiger partial charge in [0.05, 0.1) is 0 Å². The lowest BCUT2D eigenvalue weighted by molar-refractivity contribution is -0.120. The molecule has 90 valence electrons. The molecule has 1 rings (SSSR count).